The lowest BCUT2D eigenvalue weighted by Gasteiger charge is -2.41. The molecule has 1 N–H and O–H groups in total. The van der Waals surface area contributed by atoms with Crippen molar-refractivity contribution in [1.82, 2.24) is 15.0 Å². The molecule has 0 saturated carbocycles. The molecule has 8 heteroatoms. The molecule has 224 valence electrons. The number of hydrogen-bond donors (Lipinski definition) is 1. The van der Waals surface area contributed by atoms with E-state index in [2.05, 4.69) is 72.5 Å². The Morgan fingerprint density at radius 3 is 2.44 bits per heavy atom. The van der Waals surface area contributed by atoms with Crippen molar-refractivity contribution in [2.45, 2.75) is 83.6 Å². The van der Waals surface area contributed by atoms with Gasteiger partial charge in [0.15, 0.2) is 0 Å². The molecule has 2 aromatic heterocycles. The van der Waals surface area contributed by atoms with Crippen LogP contribution in [-0.4, -0.2) is 23.4 Å². The van der Waals surface area contributed by atoms with Crippen molar-refractivity contribution in [3.05, 3.63) is 94.3 Å². The van der Waals surface area contributed by atoms with E-state index in [0.717, 1.165) is 40.7 Å². The van der Waals surface area contributed by atoms with E-state index in [-0.39, 0.29) is 34.2 Å². The third kappa shape index (κ3) is 5.65. The minimum absolute atomic E-state index is 0.0107. The molecule has 6 bridgehead atoms. The molecule has 0 spiro atoms. The van der Waals surface area contributed by atoms with Crippen molar-refractivity contribution in [2.24, 2.45) is 11.8 Å². The van der Waals surface area contributed by atoms with Gasteiger partial charge in [0.25, 0.3) is 10.0 Å². The van der Waals surface area contributed by atoms with Gasteiger partial charge in [-0.05, 0) is 83.4 Å². The second-order valence-electron chi connectivity index (χ2n) is 13.5. The van der Waals surface area contributed by atoms with Crippen LogP contribution in [0, 0.1) is 25.7 Å². The van der Waals surface area contributed by atoms with Crippen molar-refractivity contribution in [1.29, 1.82) is 0 Å². The molecule has 6 rings (SSSR count). The van der Waals surface area contributed by atoms with Crippen molar-refractivity contribution < 1.29 is 13.2 Å². The Hall–Kier alpha value is -3.78. The molecule has 3 atom stereocenters. The van der Waals surface area contributed by atoms with Crippen molar-refractivity contribution in [3.8, 4) is 17.1 Å². The molecule has 7 nitrogen and oxygen atoms in total. The number of aryl methyl sites for hydroxylation is 2. The molecule has 0 radical (unpaired) electrons. The van der Waals surface area contributed by atoms with Gasteiger partial charge in [0.1, 0.15) is 11.0 Å². The average molecular weight is 597 g/mol. The first kappa shape index (κ1) is 29.3. The maximum Gasteiger partial charge on any atom is 0.265 e. The van der Waals surface area contributed by atoms with Gasteiger partial charge in [-0.15, -0.1) is 0 Å². The lowest BCUT2D eigenvalue weighted by Crippen LogP contribution is -2.34. The average Bonchev–Trinajstić information content (AvgIpc) is 2.92. The first-order valence-corrected chi connectivity index (χ1v) is 16.5. The number of nitrogens with one attached hydrogen (secondary N) is 1. The highest BCUT2D eigenvalue weighted by Gasteiger charge is 2.41. The lowest BCUT2D eigenvalue weighted by atomic mass is 9.67. The third-order valence-corrected chi connectivity index (χ3v) is 10.1. The van der Waals surface area contributed by atoms with Crippen LogP contribution >= 0.6 is 0 Å². The van der Waals surface area contributed by atoms with Crippen molar-refractivity contribution in [2.75, 3.05) is 4.72 Å². The molecule has 43 heavy (non-hydrogen) atoms. The minimum atomic E-state index is -4.01. The van der Waals surface area contributed by atoms with Crippen LogP contribution in [0.25, 0.3) is 11.3 Å². The number of sulfonamides is 1. The van der Waals surface area contributed by atoms with Crippen LogP contribution in [0.4, 0.5) is 5.95 Å². The largest absolute Gasteiger partial charge is 0.469 e. The van der Waals surface area contributed by atoms with Crippen LogP contribution in [0.2, 0.25) is 0 Å². The van der Waals surface area contributed by atoms with Gasteiger partial charge in [-0.2, -0.15) is 4.98 Å². The summed E-state index contributed by atoms with van der Waals surface area (Å²) in [6, 6.07) is 16.4. The van der Waals surface area contributed by atoms with E-state index in [1.54, 1.807) is 6.07 Å². The van der Waals surface area contributed by atoms with E-state index in [9.17, 15) is 8.42 Å². The second kappa shape index (κ2) is 10.7. The monoisotopic (exact) mass is 596 g/mol. The Kier molecular flexibility index (Phi) is 7.32. The van der Waals surface area contributed by atoms with Gasteiger partial charge in [-0.1, -0.05) is 71.0 Å². The molecule has 3 heterocycles. The fraction of sp³-hybridized carbons (Fsp3) is 0.400. The zero-order chi connectivity index (χ0) is 30.7. The zero-order valence-corrected chi connectivity index (χ0v) is 26.8. The summed E-state index contributed by atoms with van der Waals surface area (Å²) in [5.74, 6) is 0.795. The number of fused-ring (bicyclic) bond motifs is 9. The van der Waals surface area contributed by atoms with Crippen LogP contribution in [0.3, 0.4) is 0 Å². The summed E-state index contributed by atoms with van der Waals surface area (Å²) < 4.78 is 36.9. The Labute approximate surface area is 255 Å². The van der Waals surface area contributed by atoms with Crippen molar-refractivity contribution >= 4 is 16.0 Å². The molecular weight excluding hydrogens is 556 g/mol. The Morgan fingerprint density at radius 2 is 1.74 bits per heavy atom. The normalized spacial score (nSPS) is 20.7. The van der Waals surface area contributed by atoms with E-state index >= 15 is 0 Å². The topological polar surface area (TPSA) is 94.1 Å². The summed E-state index contributed by atoms with van der Waals surface area (Å²) in [6.45, 7) is 15.2. The van der Waals surface area contributed by atoms with Crippen LogP contribution in [0.5, 0.6) is 5.88 Å². The maximum absolute atomic E-state index is 13.7. The smallest absolute Gasteiger partial charge is 0.265 e. The number of hydrogen-bond acceptors (Lipinski definition) is 6. The highest BCUT2D eigenvalue weighted by atomic mass is 32.2. The van der Waals surface area contributed by atoms with Gasteiger partial charge in [-0.25, -0.2) is 18.1 Å². The van der Waals surface area contributed by atoms with Crippen LogP contribution in [0.1, 0.15) is 86.4 Å². The molecule has 0 saturated heterocycles. The number of aromatic nitrogens is 3. The lowest BCUT2D eigenvalue weighted by molar-refractivity contribution is 0.0852. The number of nitrogens with zero attached hydrogens (tertiary/aromatic N) is 3. The quantitative estimate of drug-likeness (QED) is 0.261. The zero-order valence-electron chi connectivity index (χ0n) is 26.0. The van der Waals surface area contributed by atoms with E-state index in [4.69, 9.17) is 4.74 Å². The summed E-state index contributed by atoms with van der Waals surface area (Å²) in [6.07, 6.45) is 4.59. The molecule has 0 amide bonds. The van der Waals surface area contributed by atoms with E-state index in [1.165, 1.54) is 17.3 Å². The Morgan fingerprint density at radius 1 is 1.00 bits per heavy atom. The van der Waals surface area contributed by atoms with Crippen LogP contribution < -0.4 is 9.46 Å². The van der Waals surface area contributed by atoms with Crippen LogP contribution in [0.15, 0.2) is 65.8 Å². The summed E-state index contributed by atoms with van der Waals surface area (Å²) in [7, 11) is -4.01. The summed E-state index contributed by atoms with van der Waals surface area (Å²) in [5.41, 5.74) is 8.13. The van der Waals surface area contributed by atoms with Gasteiger partial charge in [0.05, 0.1) is 5.69 Å². The molecular formula is C35H40N4O3S. The number of ether oxygens (including phenoxy) is 1. The van der Waals surface area contributed by atoms with E-state index in [0.29, 0.717) is 17.5 Å². The standard InChI is InChI=1S/C35H40N4O3S/c1-20(2)13-29-28-16-23-14-25(35(5,6)7)11-12-27(23)33(29)42-31-17-30(32-21(3)9-8-10-22(32)4)37-34(38-31)39-43(40,41)26-15-24(28)18-36-19-26/h8-12,14-15,17-20,28-29,33H,13,16H2,1-7H3,(H,37,38,39)/t28?,29-,33+/m0/s1. The van der Waals surface area contributed by atoms with Gasteiger partial charge in [-0.3, -0.25) is 4.98 Å². The van der Waals surface area contributed by atoms with Gasteiger partial charge >= 0.3 is 0 Å². The predicted molar refractivity (Wildman–Crippen MR) is 170 cm³/mol. The fourth-order valence-electron chi connectivity index (χ4n) is 6.68. The third-order valence-electron chi connectivity index (χ3n) is 8.79. The number of anilines is 1. The summed E-state index contributed by atoms with van der Waals surface area (Å²) in [4.78, 5) is 13.8. The fourth-order valence-corrected chi connectivity index (χ4v) is 7.62. The molecule has 1 unspecified atom stereocenters. The molecule has 2 aliphatic rings. The van der Waals surface area contributed by atoms with Gasteiger partial charge < -0.3 is 4.74 Å². The second-order valence-corrected chi connectivity index (χ2v) is 15.2. The summed E-state index contributed by atoms with van der Waals surface area (Å²) in [5, 5.41) is 0. The van der Waals surface area contributed by atoms with E-state index in [1.807, 2.05) is 44.3 Å². The molecule has 0 fully saturated rings. The van der Waals surface area contributed by atoms with Crippen molar-refractivity contribution in [3.63, 3.8) is 0 Å². The molecule has 1 aliphatic carbocycles. The predicted octanol–water partition coefficient (Wildman–Crippen LogP) is 7.69. The summed E-state index contributed by atoms with van der Waals surface area (Å²) >= 11 is 0. The highest BCUT2D eigenvalue weighted by molar-refractivity contribution is 7.92. The van der Waals surface area contributed by atoms with Gasteiger partial charge in [0.2, 0.25) is 11.8 Å². The maximum atomic E-state index is 13.7. The van der Waals surface area contributed by atoms with Gasteiger partial charge in [0, 0.05) is 29.9 Å². The molecule has 4 aromatic rings. The molecule has 1 aliphatic heterocycles. The Bertz CT molecular complexity index is 1790. The highest BCUT2D eigenvalue weighted by Crippen LogP contribution is 2.49. The minimum Gasteiger partial charge on any atom is -0.469 e. The number of pyridine rings is 1. The molecule has 2 aromatic carbocycles. The SMILES string of the molecule is Cc1cccc(C)c1-c1cc2nc(n1)NS(=O)(=O)c1cncc(c1)C1Cc3cc(C(C)(C)C)ccc3[C@@H](O2)[C@H]1CC(C)C. The van der Waals surface area contributed by atoms with Crippen LogP contribution in [-0.2, 0) is 21.9 Å². The van der Waals surface area contributed by atoms with E-state index < -0.39 is 10.0 Å². The first-order valence-electron chi connectivity index (χ1n) is 15.0. The number of benzene rings is 2. The number of rotatable bonds is 3. The first-order chi connectivity index (χ1) is 20.3. The Balaban J connectivity index is 1.62.